The van der Waals surface area contributed by atoms with Crippen molar-refractivity contribution in [2.45, 2.75) is 30.5 Å². The average molecular weight is 559 g/mol. The highest BCUT2D eigenvalue weighted by atomic mass is 35.5. The molecule has 5 rings (SSSR count). The molecule has 0 radical (unpaired) electrons. The minimum absolute atomic E-state index is 0.111. The van der Waals surface area contributed by atoms with E-state index in [1.54, 1.807) is 10.8 Å². The maximum Gasteiger partial charge on any atom is 0.338 e. The summed E-state index contributed by atoms with van der Waals surface area (Å²) in [6.07, 6.45) is 1.55. The number of carbonyl (C=O) groups is 1. The van der Waals surface area contributed by atoms with Crippen LogP contribution in [0.4, 0.5) is 5.95 Å². The lowest BCUT2D eigenvalue weighted by Gasteiger charge is -2.28. The van der Waals surface area contributed by atoms with Gasteiger partial charge in [-0.2, -0.15) is 4.98 Å². The summed E-state index contributed by atoms with van der Waals surface area (Å²) in [7, 11) is 0. The maximum absolute atomic E-state index is 13.2. The lowest BCUT2D eigenvalue weighted by molar-refractivity contribution is -0.138. The summed E-state index contributed by atoms with van der Waals surface area (Å²) in [5.74, 6) is 1.53. The second-order valence-corrected chi connectivity index (χ2v) is 10.2. The molecule has 39 heavy (non-hydrogen) atoms. The molecule has 0 saturated carbocycles. The summed E-state index contributed by atoms with van der Waals surface area (Å²) >= 11 is 7.80. The van der Waals surface area contributed by atoms with Crippen molar-refractivity contribution in [2.24, 2.45) is 0 Å². The van der Waals surface area contributed by atoms with Crippen molar-refractivity contribution in [1.82, 2.24) is 14.8 Å². The number of nitrogens with zero attached hydrogens (tertiary/aromatic N) is 3. The van der Waals surface area contributed by atoms with Crippen LogP contribution in [0.15, 0.2) is 108 Å². The zero-order valence-electron chi connectivity index (χ0n) is 21.3. The Morgan fingerprint density at radius 3 is 2.59 bits per heavy atom. The number of benzene rings is 3. The van der Waals surface area contributed by atoms with E-state index in [0.29, 0.717) is 39.8 Å². The molecule has 1 atom stereocenters. The van der Waals surface area contributed by atoms with Gasteiger partial charge in [0.1, 0.15) is 25.0 Å². The van der Waals surface area contributed by atoms with Crippen LogP contribution in [-0.2, 0) is 21.9 Å². The summed E-state index contributed by atoms with van der Waals surface area (Å²) < 4.78 is 13.1. The molecule has 198 valence electrons. The number of halogens is 1. The molecule has 0 fully saturated rings. The van der Waals surface area contributed by atoms with Crippen molar-refractivity contribution >= 4 is 35.3 Å². The Labute approximate surface area is 236 Å². The number of fused-ring (bicyclic) bond motifs is 1. The number of hydrogen-bond donors (Lipinski definition) is 1. The van der Waals surface area contributed by atoms with Gasteiger partial charge < -0.3 is 14.8 Å². The zero-order chi connectivity index (χ0) is 27.2. The molecule has 1 aliphatic rings. The van der Waals surface area contributed by atoms with Gasteiger partial charge in [0, 0.05) is 22.0 Å². The van der Waals surface area contributed by atoms with Crippen LogP contribution in [0.1, 0.15) is 29.7 Å². The average Bonchev–Trinajstić information content (AvgIpc) is 3.37. The van der Waals surface area contributed by atoms with E-state index in [1.807, 2.05) is 73.7 Å². The van der Waals surface area contributed by atoms with Gasteiger partial charge in [0.2, 0.25) is 11.1 Å². The summed E-state index contributed by atoms with van der Waals surface area (Å²) in [4.78, 5) is 17.9. The summed E-state index contributed by atoms with van der Waals surface area (Å²) in [5.41, 5.74) is 4.04. The van der Waals surface area contributed by atoms with Gasteiger partial charge in [-0.15, -0.1) is 5.10 Å². The standard InChI is InChI=1S/C30H27ClN4O3S/c1-3-17-37-28(36)26-20(2)32-29-33-30(39-19-21-9-5-4-6-10-21)34-35(29)27(26)22-13-15-24(16-14-22)38-18-23-11-7-8-12-25(23)31/h3-16,27H,1,17-19H2,2H3,(H,32,33,34). The fraction of sp³-hybridized carbons (Fsp3) is 0.167. The van der Waals surface area contributed by atoms with Gasteiger partial charge in [-0.1, -0.05) is 96.7 Å². The molecule has 1 aromatic heterocycles. The molecule has 4 aromatic rings. The third-order valence-corrected chi connectivity index (χ3v) is 7.42. The molecule has 7 nitrogen and oxygen atoms in total. The van der Waals surface area contributed by atoms with Crippen molar-refractivity contribution in [1.29, 1.82) is 0 Å². The molecule has 1 unspecified atom stereocenters. The first-order chi connectivity index (χ1) is 19.0. The predicted molar refractivity (Wildman–Crippen MR) is 154 cm³/mol. The Morgan fingerprint density at radius 1 is 1.10 bits per heavy atom. The summed E-state index contributed by atoms with van der Waals surface area (Å²) in [5, 5.41) is 9.28. The van der Waals surface area contributed by atoms with Crippen LogP contribution in [-0.4, -0.2) is 27.3 Å². The van der Waals surface area contributed by atoms with Crippen molar-refractivity contribution in [3.63, 3.8) is 0 Å². The number of hydrogen-bond acceptors (Lipinski definition) is 7. The molecule has 0 aliphatic carbocycles. The van der Waals surface area contributed by atoms with Crippen LogP contribution in [0.5, 0.6) is 5.75 Å². The van der Waals surface area contributed by atoms with E-state index >= 15 is 0 Å². The number of nitrogens with one attached hydrogen (secondary N) is 1. The monoisotopic (exact) mass is 558 g/mol. The topological polar surface area (TPSA) is 78.3 Å². The number of rotatable bonds is 10. The first kappa shape index (κ1) is 26.6. The highest BCUT2D eigenvalue weighted by Gasteiger charge is 2.35. The highest BCUT2D eigenvalue weighted by Crippen LogP contribution is 2.37. The van der Waals surface area contributed by atoms with E-state index in [1.165, 1.54) is 17.3 Å². The Bertz CT molecular complexity index is 1500. The molecule has 3 aromatic carbocycles. The minimum Gasteiger partial charge on any atom is -0.489 e. The Morgan fingerprint density at radius 2 is 1.85 bits per heavy atom. The molecule has 0 spiro atoms. The molecule has 0 amide bonds. The minimum atomic E-state index is -0.533. The van der Waals surface area contributed by atoms with Crippen molar-refractivity contribution in [3.8, 4) is 5.75 Å². The van der Waals surface area contributed by atoms with Crippen LogP contribution in [0.2, 0.25) is 5.02 Å². The third kappa shape index (κ3) is 6.19. The van der Waals surface area contributed by atoms with Gasteiger partial charge >= 0.3 is 5.97 Å². The van der Waals surface area contributed by atoms with Gasteiger partial charge in [-0.05, 0) is 36.2 Å². The fourth-order valence-corrected chi connectivity index (χ4v) is 5.20. The molecular weight excluding hydrogens is 532 g/mol. The van der Waals surface area contributed by atoms with E-state index in [2.05, 4.69) is 24.0 Å². The van der Waals surface area contributed by atoms with Gasteiger partial charge in [0.05, 0.1) is 5.57 Å². The number of allylic oxidation sites excluding steroid dienone is 1. The maximum atomic E-state index is 13.2. The normalized spacial score (nSPS) is 14.4. The number of carbonyl (C=O) groups excluding carboxylic acids is 1. The first-order valence-corrected chi connectivity index (χ1v) is 13.7. The van der Waals surface area contributed by atoms with E-state index in [0.717, 1.165) is 16.9 Å². The van der Waals surface area contributed by atoms with Crippen LogP contribution in [0.25, 0.3) is 0 Å². The van der Waals surface area contributed by atoms with Gasteiger partial charge in [-0.3, -0.25) is 0 Å². The van der Waals surface area contributed by atoms with Crippen LogP contribution in [0.3, 0.4) is 0 Å². The Hall–Kier alpha value is -4.01. The molecule has 0 bridgehead atoms. The predicted octanol–water partition coefficient (Wildman–Crippen LogP) is 6.82. The quantitative estimate of drug-likeness (QED) is 0.130. The lowest BCUT2D eigenvalue weighted by atomic mass is 9.96. The van der Waals surface area contributed by atoms with Gasteiger partial charge in [0.15, 0.2) is 0 Å². The van der Waals surface area contributed by atoms with Crippen molar-refractivity contribution < 1.29 is 14.3 Å². The Kier molecular flexibility index (Phi) is 8.34. The molecule has 1 N–H and O–H groups in total. The number of esters is 1. The fourth-order valence-electron chi connectivity index (χ4n) is 4.22. The molecule has 9 heteroatoms. The van der Waals surface area contributed by atoms with E-state index in [-0.39, 0.29) is 6.61 Å². The van der Waals surface area contributed by atoms with Crippen molar-refractivity contribution in [3.05, 3.63) is 125 Å². The zero-order valence-corrected chi connectivity index (χ0v) is 22.9. The number of anilines is 1. The summed E-state index contributed by atoms with van der Waals surface area (Å²) in [6, 6.07) is 24.8. The van der Waals surface area contributed by atoms with Crippen LogP contribution >= 0.6 is 23.4 Å². The van der Waals surface area contributed by atoms with Crippen LogP contribution in [0, 0.1) is 0 Å². The van der Waals surface area contributed by atoms with E-state index < -0.39 is 12.0 Å². The van der Waals surface area contributed by atoms with Gasteiger partial charge in [-0.25, -0.2) is 9.48 Å². The highest BCUT2D eigenvalue weighted by molar-refractivity contribution is 7.98. The van der Waals surface area contributed by atoms with Gasteiger partial charge in [0.25, 0.3) is 0 Å². The lowest BCUT2D eigenvalue weighted by Crippen LogP contribution is -2.29. The molecule has 0 saturated heterocycles. The second-order valence-electron chi connectivity index (χ2n) is 8.84. The molecular formula is C30H27ClN4O3S. The largest absolute Gasteiger partial charge is 0.489 e. The van der Waals surface area contributed by atoms with Crippen molar-refractivity contribution in [2.75, 3.05) is 11.9 Å². The SMILES string of the molecule is C=CCOC(=O)C1=C(C)Nc2nc(SCc3ccccc3)nn2C1c1ccc(OCc2ccccc2Cl)cc1. The number of thioether (sulfide) groups is 1. The molecule has 1 aliphatic heterocycles. The number of ether oxygens (including phenoxy) is 2. The first-order valence-electron chi connectivity index (χ1n) is 12.4. The second kappa shape index (κ2) is 12.2. The molecule has 2 heterocycles. The summed E-state index contributed by atoms with van der Waals surface area (Å²) in [6.45, 7) is 5.95. The number of aromatic nitrogens is 3. The van der Waals surface area contributed by atoms with E-state index in [9.17, 15) is 4.79 Å². The van der Waals surface area contributed by atoms with Crippen LogP contribution < -0.4 is 10.1 Å². The smallest absolute Gasteiger partial charge is 0.338 e. The third-order valence-electron chi connectivity index (χ3n) is 6.14. The Balaban J connectivity index is 1.42. The van der Waals surface area contributed by atoms with E-state index in [4.69, 9.17) is 31.2 Å².